The summed E-state index contributed by atoms with van der Waals surface area (Å²) in [5.74, 6) is -0.321. The molecule has 4 nitrogen and oxygen atoms in total. The quantitative estimate of drug-likeness (QED) is 0.455. The van der Waals surface area contributed by atoms with E-state index in [0.717, 1.165) is 5.56 Å². The van der Waals surface area contributed by atoms with Crippen molar-refractivity contribution in [1.82, 2.24) is 4.98 Å². The zero-order valence-electron chi connectivity index (χ0n) is 12.9. The summed E-state index contributed by atoms with van der Waals surface area (Å²) in [5.41, 5.74) is 0.953. The van der Waals surface area contributed by atoms with Crippen molar-refractivity contribution in [3.05, 3.63) is 70.4 Å². The Morgan fingerprint density at radius 1 is 1.12 bits per heavy atom. The standard InChI is InChI=1S/C18H13ClFNO3S/c19-14-3-1-2-4-16(14)23-9-10-24-18(22)15-11-25-17(21-15)12-5-7-13(20)8-6-12/h1-8,11H,9-10H2. The lowest BCUT2D eigenvalue weighted by atomic mass is 10.2. The van der Waals surface area contributed by atoms with Crippen molar-refractivity contribution < 1.29 is 18.7 Å². The Morgan fingerprint density at radius 3 is 2.64 bits per heavy atom. The molecule has 25 heavy (non-hydrogen) atoms. The summed E-state index contributed by atoms with van der Waals surface area (Å²) in [6.45, 7) is 0.262. The molecule has 0 spiro atoms. The van der Waals surface area contributed by atoms with E-state index in [2.05, 4.69) is 4.98 Å². The molecule has 0 saturated carbocycles. The van der Waals surface area contributed by atoms with Crippen LogP contribution in [0.15, 0.2) is 53.9 Å². The van der Waals surface area contributed by atoms with Crippen LogP contribution in [-0.4, -0.2) is 24.2 Å². The Labute approximate surface area is 152 Å². The van der Waals surface area contributed by atoms with Gasteiger partial charge in [-0.2, -0.15) is 0 Å². The van der Waals surface area contributed by atoms with Crippen molar-refractivity contribution >= 4 is 28.9 Å². The van der Waals surface area contributed by atoms with Gasteiger partial charge in [0.25, 0.3) is 0 Å². The Hall–Kier alpha value is -2.44. The molecule has 0 N–H and O–H groups in total. The van der Waals surface area contributed by atoms with Crippen molar-refractivity contribution in [2.24, 2.45) is 0 Å². The first kappa shape index (κ1) is 17.4. The topological polar surface area (TPSA) is 48.4 Å². The average Bonchev–Trinajstić information content (AvgIpc) is 3.11. The molecular weight excluding hydrogens is 365 g/mol. The minimum Gasteiger partial charge on any atom is -0.488 e. The molecule has 128 valence electrons. The first-order chi connectivity index (χ1) is 12.1. The molecule has 0 aliphatic carbocycles. The Kier molecular flexibility index (Phi) is 5.63. The van der Waals surface area contributed by atoms with Gasteiger partial charge in [-0.3, -0.25) is 0 Å². The van der Waals surface area contributed by atoms with Gasteiger partial charge >= 0.3 is 5.97 Å². The molecular formula is C18H13ClFNO3S. The number of benzene rings is 2. The van der Waals surface area contributed by atoms with Crippen molar-refractivity contribution in [3.63, 3.8) is 0 Å². The van der Waals surface area contributed by atoms with Gasteiger partial charge in [-0.05, 0) is 36.4 Å². The first-order valence-corrected chi connectivity index (χ1v) is 8.65. The van der Waals surface area contributed by atoms with Gasteiger partial charge in [0.1, 0.15) is 29.8 Å². The zero-order valence-corrected chi connectivity index (χ0v) is 14.5. The van der Waals surface area contributed by atoms with E-state index in [1.165, 1.54) is 23.5 Å². The molecule has 0 fully saturated rings. The molecule has 3 aromatic rings. The Morgan fingerprint density at radius 2 is 1.88 bits per heavy atom. The van der Waals surface area contributed by atoms with E-state index in [0.29, 0.717) is 15.8 Å². The summed E-state index contributed by atoms with van der Waals surface area (Å²) < 4.78 is 23.5. The number of esters is 1. The van der Waals surface area contributed by atoms with Gasteiger partial charge in [0, 0.05) is 10.9 Å². The summed E-state index contributed by atoms with van der Waals surface area (Å²) >= 11 is 7.26. The van der Waals surface area contributed by atoms with Gasteiger partial charge in [0.2, 0.25) is 0 Å². The van der Waals surface area contributed by atoms with E-state index in [1.54, 1.807) is 41.8 Å². The summed E-state index contributed by atoms with van der Waals surface area (Å²) in [6, 6.07) is 13.0. The molecule has 3 rings (SSSR count). The average molecular weight is 378 g/mol. The minimum absolute atomic E-state index is 0.0768. The van der Waals surface area contributed by atoms with Crippen LogP contribution >= 0.6 is 22.9 Å². The van der Waals surface area contributed by atoms with Crippen LogP contribution in [0, 0.1) is 5.82 Å². The van der Waals surface area contributed by atoms with Crippen LogP contribution in [0.1, 0.15) is 10.5 Å². The van der Waals surface area contributed by atoms with Crippen LogP contribution in [0.3, 0.4) is 0 Å². The van der Waals surface area contributed by atoms with Gasteiger partial charge in [0.15, 0.2) is 5.69 Å². The second-order valence-corrected chi connectivity index (χ2v) is 6.22. The van der Waals surface area contributed by atoms with Gasteiger partial charge in [-0.25, -0.2) is 14.2 Å². The van der Waals surface area contributed by atoms with Crippen LogP contribution < -0.4 is 4.74 Å². The molecule has 0 saturated heterocycles. The van der Waals surface area contributed by atoms with Crippen LogP contribution in [0.5, 0.6) is 5.75 Å². The lowest BCUT2D eigenvalue weighted by Crippen LogP contribution is -2.12. The number of hydrogen-bond acceptors (Lipinski definition) is 5. The number of ether oxygens (including phenoxy) is 2. The van der Waals surface area contributed by atoms with Crippen molar-refractivity contribution in [2.75, 3.05) is 13.2 Å². The molecule has 0 bridgehead atoms. The molecule has 0 aliphatic heterocycles. The second kappa shape index (κ2) is 8.09. The number of nitrogens with zero attached hydrogens (tertiary/aromatic N) is 1. The largest absolute Gasteiger partial charge is 0.488 e. The number of rotatable bonds is 6. The first-order valence-electron chi connectivity index (χ1n) is 7.39. The summed E-state index contributed by atoms with van der Waals surface area (Å²) in [5, 5.41) is 2.73. The molecule has 1 heterocycles. The van der Waals surface area contributed by atoms with Crippen molar-refractivity contribution in [3.8, 4) is 16.3 Å². The Bertz CT molecular complexity index is 867. The third kappa shape index (κ3) is 4.55. The van der Waals surface area contributed by atoms with Gasteiger partial charge in [0.05, 0.1) is 5.02 Å². The minimum atomic E-state index is -0.535. The van der Waals surface area contributed by atoms with Gasteiger partial charge in [-0.15, -0.1) is 11.3 Å². The highest BCUT2D eigenvalue weighted by Crippen LogP contribution is 2.24. The molecule has 0 amide bonds. The number of carbonyl (C=O) groups excluding carboxylic acids is 1. The highest BCUT2D eigenvalue weighted by atomic mass is 35.5. The molecule has 0 aliphatic rings. The van der Waals surface area contributed by atoms with E-state index in [4.69, 9.17) is 21.1 Å². The molecule has 1 aromatic heterocycles. The highest BCUT2D eigenvalue weighted by Gasteiger charge is 2.13. The van der Waals surface area contributed by atoms with Crippen LogP contribution in [-0.2, 0) is 4.74 Å². The maximum absolute atomic E-state index is 12.9. The third-order valence-corrected chi connectivity index (χ3v) is 4.42. The van der Waals surface area contributed by atoms with E-state index in [9.17, 15) is 9.18 Å². The number of hydrogen-bond donors (Lipinski definition) is 0. The smallest absolute Gasteiger partial charge is 0.357 e. The number of para-hydroxylation sites is 1. The number of thiazole rings is 1. The van der Waals surface area contributed by atoms with E-state index < -0.39 is 5.97 Å². The van der Waals surface area contributed by atoms with Crippen LogP contribution in [0.2, 0.25) is 5.02 Å². The SMILES string of the molecule is O=C(OCCOc1ccccc1Cl)c1csc(-c2ccc(F)cc2)n1. The second-order valence-electron chi connectivity index (χ2n) is 4.96. The van der Waals surface area contributed by atoms with E-state index in [1.807, 2.05) is 0 Å². The third-order valence-electron chi connectivity index (χ3n) is 3.22. The zero-order chi connectivity index (χ0) is 17.6. The molecule has 0 radical (unpaired) electrons. The molecule has 0 atom stereocenters. The van der Waals surface area contributed by atoms with Crippen molar-refractivity contribution in [2.45, 2.75) is 0 Å². The molecule has 0 unspecified atom stereocenters. The summed E-state index contributed by atoms with van der Waals surface area (Å²) in [7, 11) is 0. The lowest BCUT2D eigenvalue weighted by molar-refractivity contribution is 0.0445. The van der Waals surface area contributed by atoms with Crippen LogP contribution in [0.4, 0.5) is 4.39 Å². The molecule has 7 heteroatoms. The maximum Gasteiger partial charge on any atom is 0.357 e. The monoisotopic (exact) mass is 377 g/mol. The number of halogens is 2. The van der Waals surface area contributed by atoms with Gasteiger partial charge < -0.3 is 9.47 Å². The fourth-order valence-electron chi connectivity index (χ4n) is 2.01. The predicted octanol–water partition coefficient (Wildman–Crippen LogP) is 4.84. The lowest BCUT2D eigenvalue weighted by Gasteiger charge is -2.07. The summed E-state index contributed by atoms with van der Waals surface area (Å²) in [4.78, 5) is 16.2. The van der Waals surface area contributed by atoms with Crippen LogP contribution in [0.25, 0.3) is 10.6 Å². The van der Waals surface area contributed by atoms with E-state index >= 15 is 0 Å². The predicted molar refractivity (Wildman–Crippen MR) is 94.7 cm³/mol. The normalized spacial score (nSPS) is 10.5. The fraction of sp³-hybridized carbons (Fsp3) is 0.111. The highest BCUT2D eigenvalue weighted by molar-refractivity contribution is 7.13. The Balaban J connectivity index is 1.52. The summed E-state index contributed by atoms with van der Waals surface area (Å²) in [6.07, 6.45) is 0. The number of carbonyl (C=O) groups is 1. The fourth-order valence-corrected chi connectivity index (χ4v) is 3.00. The maximum atomic E-state index is 12.9. The van der Waals surface area contributed by atoms with Crippen molar-refractivity contribution in [1.29, 1.82) is 0 Å². The van der Waals surface area contributed by atoms with E-state index in [-0.39, 0.29) is 24.7 Å². The van der Waals surface area contributed by atoms with Gasteiger partial charge in [-0.1, -0.05) is 23.7 Å². The molecule has 2 aromatic carbocycles. The number of aromatic nitrogens is 1.